The zero-order chi connectivity index (χ0) is 28.3. The number of nitrogens with zero attached hydrogens (tertiary/aromatic N) is 3. The van der Waals surface area contributed by atoms with Crippen molar-refractivity contribution in [1.29, 1.82) is 10.5 Å². The highest BCUT2D eigenvalue weighted by molar-refractivity contribution is 5.82. The van der Waals surface area contributed by atoms with Gasteiger partial charge in [0.15, 0.2) is 0 Å². The second-order valence-electron chi connectivity index (χ2n) is 10.5. The van der Waals surface area contributed by atoms with E-state index in [0.717, 1.165) is 77.8 Å². The summed E-state index contributed by atoms with van der Waals surface area (Å²) in [5.41, 5.74) is 6.65. The van der Waals surface area contributed by atoms with E-state index in [4.69, 9.17) is 10.00 Å². The molecular weight excluding hydrogens is 494 g/mol. The number of ether oxygens (including phenoxy) is 1. The summed E-state index contributed by atoms with van der Waals surface area (Å²) in [6.45, 7) is 5.89. The van der Waals surface area contributed by atoms with Gasteiger partial charge in [-0.1, -0.05) is 73.2 Å². The molecule has 1 aliphatic rings. The van der Waals surface area contributed by atoms with Crippen molar-refractivity contribution in [2.75, 3.05) is 13.2 Å². The molecule has 40 heavy (non-hydrogen) atoms. The third kappa shape index (κ3) is 7.26. The van der Waals surface area contributed by atoms with Gasteiger partial charge < -0.3 is 4.74 Å². The summed E-state index contributed by atoms with van der Waals surface area (Å²) in [4.78, 5) is 14.6. The average molecular weight is 532 g/mol. The third-order valence-corrected chi connectivity index (χ3v) is 7.58. The number of hydrogen-bond acceptors (Lipinski definition) is 5. The molecule has 4 rings (SSSR count). The number of likely N-dealkylation sites (tertiary alicyclic amines) is 1. The van der Waals surface area contributed by atoms with Crippen molar-refractivity contribution in [3.05, 3.63) is 88.5 Å². The van der Waals surface area contributed by atoms with Gasteiger partial charge in [-0.15, -0.1) is 0 Å². The van der Waals surface area contributed by atoms with Gasteiger partial charge in [0, 0.05) is 24.1 Å². The van der Waals surface area contributed by atoms with Gasteiger partial charge in [0.25, 0.3) is 0 Å². The SMILES string of the molecule is CC(=O)[C@@H]1CCCCN1Cc1cc(C)c(/C=C/c2cccc(-c3ccccc3)c2C#N)cc1OCCCCC#N. The topological polar surface area (TPSA) is 77.1 Å². The number of nitriles is 2. The minimum absolute atomic E-state index is 0.0431. The molecule has 1 heterocycles. The maximum Gasteiger partial charge on any atom is 0.146 e. The van der Waals surface area contributed by atoms with Crippen molar-refractivity contribution in [3.8, 4) is 29.0 Å². The zero-order valence-corrected chi connectivity index (χ0v) is 23.5. The van der Waals surface area contributed by atoms with E-state index in [1.54, 1.807) is 6.92 Å². The summed E-state index contributed by atoms with van der Waals surface area (Å²) < 4.78 is 6.28. The fourth-order valence-corrected chi connectivity index (χ4v) is 5.42. The van der Waals surface area contributed by atoms with E-state index in [0.29, 0.717) is 25.1 Å². The first-order chi connectivity index (χ1) is 19.5. The van der Waals surface area contributed by atoms with E-state index in [2.05, 4.69) is 36.1 Å². The van der Waals surface area contributed by atoms with Crippen LogP contribution >= 0.6 is 0 Å². The largest absolute Gasteiger partial charge is 0.493 e. The van der Waals surface area contributed by atoms with Crippen molar-refractivity contribution in [1.82, 2.24) is 4.90 Å². The first-order valence-electron chi connectivity index (χ1n) is 14.2. The number of unbranched alkanes of at least 4 members (excludes halogenated alkanes) is 2. The van der Waals surface area contributed by atoms with Crippen molar-refractivity contribution in [3.63, 3.8) is 0 Å². The van der Waals surface area contributed by atoms with Crippen LogP contribution in [0, 0.1) is 29.6 Å². The number of ketones is 1. The van der Waals surface area contributed by atoms with Crippen LogP contribution in [0.5, 0.6) is 5.75 Å². The summed E-state index contributed by atoms with van der Waals surface area (Å²) in [6.07, 6.45) is 9.27. The number of carbonyl (C=O) groups excluding carboxylic acids is 1. The van der Waals surface area contributed by atoms with Crippen LogP contribution in [-0.4, -0.2) is 29.9 Å². The van der Waals surface area contributed by atoms with Gasteiger partial charge in [-0.05, 0) is 74.4 Å². The Morgan fingerprint density at radius 3 is 2.58 bits per heavy atom. The van der Waals surface area contributed by atoms with Crippen molar-refractivity contribution in [2.24, 2.45) is 0 Å². The molecule has 204 valence electrons. The fraction of sp³-hybridized carbons (Fsp3) is 0.343. The Bertz CT molecular complexity index is 1430. The smallest absolute Gasteiger partial charge is 0.146 e. The number of benzene rings is 3. The summed E-state index contributed by atoms with van der Waals surface area (Å²) in [6, 6.07) is 24.7. The standard InChI is InChI=1S/C35H37N3O2/c1-26-22-31(25-38-20-9-7-16-34(38)27(2)39)35(40-21-10-4-8-19-36)23-30(26)18-17-29-14-11-15-32(33(29)24-37)28-12-5-3-6-13-28/h3,5-6,11-15,17-18,22-23,34H,4,7-10,16,20-21,25H2,1-2H3/b18-17+/t34-/m0/s1. The Kier molecular flexibility index (Phi) is 10.3. The van der Waals surface area contributed by atoms with Gasteiger partial charge in [-0.25, -0.2) is 0 Å². The molecule has 1 saturated heterocycles. The molecule has 3 aromatic carbocycles. The molecule has 3 aromatic rings. The third-order valence-electron chi connectivity index (χ3n) is 7.58. The van der Waals surface area contributed by atoms with E-state index in [-0.39, 0.29) is 11.8 Å². The molecule has 0 amide bonds. The summed E-state index contributed by atoms with van der Waals surface area (Å²) in [5.74, 6) is 1.04. The van der Waals surface area contributed by atoms with Crippen molar-refractivity contribution < 1.29 is 9.53 Å². The van der Waals surface area contributed by atoms with Crippen LogP contribution in [0.1, 0.15) is 73.3 Å². The molecular formula is C35H37N3O2. The van der Waals surface area contributed by atoms with E-state index < -0.39 is 0 Å². The number of carbonyl (C=O) groups is 1. The van der Waals surface area contributed by atoms with Crippen LogP contribution in [0.25, 0.3) is 23.3 Å². The molecule has 1 fully saturated rings. The van der Waals surface area contributed by atoms with Crippen LogP contribution in [0.15, 0.2) is 60.7 Å². The average Bonchev–Trinajstić information content (AvgIpc) is 2.97. The Morgan fingerprint density at radius 2 is 1.82 bits per heavy atom. The molecule has 0 bridgehead atoms. The predicted molar refractivity (Wildman–Crippen MR) is 160 cm³/mol. The van der Waals surface area contributed by atoms with Crippen LogP contribution in [0.2, 0.25) is 0 Å². The highest BCUT2D eigenvalue weighted by Crippen LogP contribution is 2.31. The monoisotopic (exact) mass is 531 g/mol. The van der Waals surface area contributed by atoms with Gasteiger partial charge in [0.2, 0.25) is 0 Å². The summed E-state index contributed by atoms with van der Waals surface area (Å²) >= 11 is 0. The Balaban J connectivity index is 1.64. The molecule has 0 aromatic heterocycles. The zero-order valence-electron chi connectivity index (χ0n) is 23.5. The molecule has 0 aliphatic carbocycles. The first kappa shape index (κ1) is 28.8. The number of aryl methyl sites for hydroxylation is 1. The van der Waals surface area contributed by atoms with E-state index in [1.165, 1.54) is 0 Å². The van der Waals surface area contributed by atoms with E-state index >= 15 is 0 Å². The minimum Gasteiger partial charge on any atom is -0.493 e. The maximum absolute atomic E-state index is 12.3. The lowest BCUT2D eigenvalue weighted by molar-refractivity contribution is -0.123. The van der Waals surface area contributed by atoms with Crippen LogP contribution in [0.4, 0.5) is 0 Å². The number of hydrogen-bond donors (Lipinski definition) is 0. The van der Waals surface area contributed by atoms with Gasteiger partial charge in [-0.2, -0.15) is 10.5 Å². The summed E-state index contributed by atoms with van der Waals surface area (Å²) in [5, 5.41) is 18.9. The predicted octanol–water partition coefficient (Wildman–Crippen LogP) is 7.72. The number of Topliss-reactive ketones (excluding diaryl/α,β-unsaturated/α-hetero) is 1. The number of rotatable bonds is 11. The molecule has 5 heteroatoms. The normalized spacial score (nSPS) is 15.4. The molecule has 1 aliphatic heterocycles. The second-order valence-corrected chi connectivity index (χ2v) is 10.5. The lowest BCUT2D eigenvalue weighted by Gasteiger charge is -2.34. The second kappa shape index (κ2) is 14.3. The summed E-state index contributed by atoms with van der Waals surface area (Å²) in [7, 11) is 0. The lowest BCUT2D eigenvalue weighted by atomic mass is 9.95. The maximum atomic E-state index is 12.3. The molecule has 0 N–H and O–H groups in total. The Hall–Kier alpha value is -4.19. The quantitative estimate of drug-likeness (QED) is 0.187. The van der Waals surface area contributed by atoms with Gasteiger partial charge in [-0.3, -0.25) is 9.69 Å². The molecule has 1 atom stereocenters. The van der Waals surface area contributed by atoms with Crippen LogP contribution < -0.4 is 4.74 Å². The van der Waals surface area contributed by atoms with Crippen molar-refractivity contribution in [2.45, 2.75) is 65.0 Å². The molecule has 0 saturated carbocycles. The van der Waals surface area contributed by atoms with Crippen LogP contribution in [0.3, 0.4) is 0 Å². The minimum atomic E-state index is -0.0431. The van der Waals surface area contributed by atoms with Crippen molar-refractivity contribution >= 4 is 17.9 Å². The fourth-order valence-electron chi connectivity index (χ4n) is 5.42. The number of piperidine rings is 1. The lowest BCUT2D eigenvalue weighted by Crippen LogP contribution is -2.43. The van der Waals surface area contributed by atoms with Gasteiger partial charge in [0.1, 0.15) is 17.6 Å². The molecule has 5 nitrogen and oxygen atoms in total. The van der Waals surface area contributed by atoms with Gasteiger partial charge in [0.05, 0.1) is 24.3 Å². The molecule has 0 radical (unpaired) electrons. The molecule has 0 spiro atoms. The van der Waals surface area contributed by atoms with Gasteiger partial charge >= 0.3 is 0 Å². The highest BCUT2D eigenvalue weighted by atomic mass is 16.5. The highest BCUT2D eigenvalue weighted by Gasteiger charge is 2.27. The first-order valence-corrected chi connectivity index (χ1v) is 14.2. The van der Waals surface area contributed by atoms with Crippen LogP contribution in [-0.2, 0) is 11.3 Å². The molecule has 0 unspecified atom stereocenters. The Labute approximate surface area is 238 Å². The van der Waals surface area contributed by atoms with E-state index in [9.17, 15) is 10.1 Å². The Morgan fingerprint density at radius 1 is 1.02 bits per heavy atom. The van der Waals surface area contributed by atoms with E-state index in [1.807, 2.05) is 60.7 Å².